The molecule has 1 unspecified atom stereocenters. The van der Waals surface area contributed by atoms with Crippen molar-refractivity contribution in [2.75, 3.05) is 40.4 Å². The number of anilines is 1. The number of ether oxygens (including phenoxy) is 4. The van der Waals surface area contributed by atoms with Gasteiger partial charge >= 0.3 is 7.82 Å². The first-order valence-corrected chi connectivity index (χ1v) is 12.5. The van der Waals surface area contributed by atoms with Gasteiger partial charge in [0.1, 0.15) is 29.6 Å². The van der Waals surface area contributed by atoms with E-state index in [9.17, 15) is 13.6 Å². The molecule has 0 aliphatic rings. The number of hydrogen-bond donors (Lipinski definition) is 3. The van der Waals surface area contributed by atoms with Gasteiger partial charge in [-0.25, -0.2) is 4.57 Å². The second kappa shape index (κ2) is 12.5. The van der Waals surface area contributed by atoms with E-state index in [4.69, 9.17) is 28.7 Å². The summed E-state index contributed by atoms with van der Waals surface area (Å²) >= 11 is 0. The summed E-state index contributed by atoms with van der Waals surface area (Å²) in [4.78, 5) is 29.4. The molecule has 34 heavy (non-hydrogen) atoms. The molecule has 2 rings (SSSR count). The lowest BCUT2D eigenvalue weighted by atomic mass is 10.1. The molecule has 0 aliphatic heterocycles. The third kappa shape index (κ3) is 8.15. The van der Waals surface area contributed by atoms with Crippen LogP contribution in [0.25, 0.3) is 6.08 Å². The van der Waals surface area contributed by atoms with Gasteiger partial charge in [-0.05, 0) is 23.8 Å². The van der Waals surface area contributed by atoms with Gasteiger partial charge in [0.2, 0.25) is 0 Å². The number of phosphoric acid groups is 1. The van der Waals surface area contributed by atoms with Crippen molar-refractivity contribution in [2.45, 2.75) is 5.75 Å². The summed E-state index contributed by atoms with van der Waals surface area (Å²) in [6.45, 7) is -0.849. The Morgan fingerprint density at radius 1 is 1.00 bits per heavy atom. The predicted octanol–water partition coefficient (Wildman–Crippen LogP) is 2.69. The molecular weight excluding hydrogens is 489 g/mol. The van der Waals surface area contributed by atoms with Gasteiger partial charge in [-0.15, -0.1) is 0 Å². The maximum atomic E-state index is 12.7. The van der Waals surface area contributed by atoms with E-state index < -0.39 is 31.1 Å². The lowest BCUT2D eigenvalue weighted by molar-refractivity contribution is -0.118. The molecule has 0 radical (unpaired) electrons. The molecule has 3 N–H and O–H groups in total. The first-order valence-electron chi connectivity index (χ1n) is 9.62. The lowest BCUT2D eigenvalue weighted by Gasteiger charge is -2.13. The molecule has 1 amide bonds. The van der Waals surface area contributed by atoms with Crippen LogP contribution < -0.4 is 24.3 Å². The fourth-order valence-electron chi connectivity index (χ4n) is 2.82. The summed E-state index contributed by atoms with van der Waals surface area (Å²) < 4.78 is 48.8. The molecule has 0 saturated carbocycles. The van der Waals surface area contributed by atoms with Gasteiger partial charge in [0.05, 0.1) is 56.2 Å². The van der Waals surface area contributed by atoms with E-state index in [1.54, 1.807) is 36.4 Å². The van der Waals surface area contributed by atoms with Crippen LogP contribution in [0.1, 0.15) is 11.1 Å². The van der Waals surface area contributed by atoms with Gasteiger partial charge in [-0.3, -0.25) is 13.5 Å². The molecule has 0 aromatic heterocycles. The second-order valence-corrected chi connectivity index (χ2v) is 9.18. The van der Waals surface area contributed by atoms with Gasteiger partial charge in [0.15, 0.2) is 0 Å². The maximum absolute atomic E-state index is 12.7. The zero-order valence-corrected chi connectivity index (χ0v) is 20.7. The summed E-state index contributed by atoms with van der Waals surface area (Å²) in [6.07, 6.45) is 1.62. The zero-order valence-electron chi connectivity index (χ0n) is 19.0. The molecule has 1 atom stereocenters. The van der Waals surface area contributed by atoms with Crippen molar-refractivity contribution in [3.63, 3.8) is 0 Å². The molecule has 2 aromatic rings. The van der Waals surface area contributed by atoms with Crippen LogP contribution in [0, 0.1) is 0 Å². The van der Waals surface area contributed by atoms with Crippen molar-refractivity contribution in [1.82, 2.24) is 0 Å². The molecule has 0 heterocycles. The topological polar surface area (TPSA) is 150 Å². The van der Waals surface area contributed by atoms with Gasteiger partial charge in [0, 0.05) is 17.5 Å². The SMILES string of the molecule is COc1cc(OC)c(C=CS(=O)Cc2ccc(OC)c(NC(=O)COP(=O)(O)O)c2)c(OC)c1. The lowest BCUT2D eigenvalue weighted by Crippen LogP contribution is -2.18. The standard InChI is InChI=1S/C21H26NO10PS/c1-28-15-10-19(30-3)16(20(11-15)31-4)7-8-34(27)13-14-5-6-18(29-2)17(9-14)22-21(23)12-32-33(24,25)26/h5-11H,12-13H2,1-4H3,(H,22,23)(H2,24,25,26). The zero-order chi connectivity index (χ0) is 25.3. The van der Waals surface area contributed by atoms with E-state index in [-0.39, 0.29) is 11.4 Å². The Kier molecular flexibility index (Phi) is 10.1. The van der Waals surface area contributed by atoms with Crippen molar-refractivity contribution >= 4 is 36.3 Å². The Morgan fingerprint density at radius 2 is 1.62 bits per heavy atom. The molecule has 0 fully saturated rings. The van der Waals surface area contributed by atoms with E-state index in [2.05, 4.69) is 9.84 Å². The molecule has 2 aromatic carbocycles. The highest BCUT2D eigenvalue weighted by Gasteiger charge is 2.17. The van der Waals surface area contributed by atoms with E-state index in [0.29, 0.717) is 34.1 Å². The van der Waals surface area contributed by atoms with Crippen LogP contribution in [-0.4, -0.2) is 54.9 Å². The Morgan fingerprint density at radius 3 is 2.15 bits per heavy atom. The fraction of sp³-hybridized carbons (Fsp3) is 0.286. The van der Waals surface area contributed by atoms with Gasteiger partial charge in [-0.2, -0.15) is 0 Å². The average molecular weight is 515 g/mol. The van der Waals surface area contributed by atoms with E-state index in [1.165, 1.54) is 33.8 Å². The van der Waals surface area contributed by atoms with E-state index in [0.717, 1.165) is 0 Å². The minimum Gasteiger partial charge on any atom is -0.496 e. The largest absolute Gasteiger partial charge is 0.496 e. The molecule has 11 nitrogen and oxygen atoms in total. The summed E-state index contributed by atoms with van der Waals surface area (Å²) in [6, 6.07) is 8.17. The van der Waals surface area contributed by atoms with Crippen LogP contribution in [0.5, 0.6) is 23.0 Å². The van der Waals surface area contributed by atoms with E-state index in [1.807, 2.05) is 0 Å². The number of amides is 1. The number of carbonyl (C=O) groups is 1. The first kappa shape index (κ1) is 27.4. The van der Waals surface area contributed by atoms with E-state index >= 15 is 0 Å². The molecule has 13 heteroatoms. The number of phosphoric ester groups is 1. The highest BCUT2D eigenvalue weighted by molar-refractivity contribution is 7.87. The quantitative estimate of drug-likeness (QED) is 0.360. The number of carbonyl (C=O) groups excluding carboxylic acids is 1. The average Bonchev–Trinajstić information content (AvgIpc) is 2.80. The van der Waals surface area contributed by atoms with Crippen molar-refractivity contribution in [3.8, 4) is 23.0 Å². The summed E-state index contributed by atoms with van der Waals surface area (Å²) in [5.74, 6) is 1.14. The predicted molar refractivity (Wildman–Crippen MR) is 127 cm³/mol. The van der Waals surface area contributed by atoms with Crippen molar-refractivity contribution in [2.24, 2.45) is 0 Å². The van der Waals surface area contributed by atoms with Crippen molar-refractivity contribution in [1.29, 1.82) is 0 Å². The Bertz CT molecular complexity index is 1090. The minimum atomic E-state index is -4.79. The smallest absolute Gasteiger partial charge is 0.470 e. The summed E-state index contributed by atoms with van der Waals surface area (Å²) in [5, 5.41) is 3.94. The Hall–Kier alpha value is -2.89. The van der Waals surface area contributed by atoms with Crippen molar-refractivity contribution in [3.05, 3.63) is 46.9 Å². The highest BCUT2D eigenvalue weighted by atomic mass is 32.2. The highest BCUT2D eigenvalue weighted by Crippen LogP contribution is 2.36. The van der Waals surface area contributed by atoms with Crippen LogP contribution in [0.2, 0.25) is 0 Å². The number of benzene rings is 2. The van der Waals surface area contributed by atoms with Gasteiger partial charge < -0.3 is 34.1 Å². The summed E-state index contributed by atoms with van der Waals surface area (Å²) in [5.41, 5.74) is 1.44. The molecule has 0 saturated heterocycles. The second-order valence-electron chi connectivity index (χ2n) is 6.62. The monoisotopic (exact) mass is 515 g/mol. The fourth-order valence-corrected chi connectivity index (χ4v) is 4.00. The number of rotatable bonds is 12. The van der Waals surface area contributed by atoms with Crippen LogP contribution in [0.15, 0.2) is 35.7 Å². The normalized spacial score (nSPS) is 12.3. The summed E-state index contributed by atoms with van der Waals surface area (Å²) in [7, 11) is -0.314. The van der Waals surface area contributed by atoms with Crippen LogP contribution in [0.4, 0.5) is 5.69 Å². The molecule has 186 valence electrons. The molecule has 0 bridgehead atoms. The Labute approximate surface area is 199 Å². The number of hydrogen-bond acceptors (Lipinski definition) is 8. The van der Waals surface area contributed by atoms with Gasteiger partial charge in [0.25, 0.3) is 5.91 Å². The van der Waals surface area contributed by atoms with Crippen LogP contribution in [0.3, 0.4) is 0 Å². The number of methoxy groups -OCH3 is 4. The van der Waals surface area contributed by atoms with Gasteiger partial charge in [-0.1, -0.05) is 6.07 Å². The number of nitrogens with one attached hydrogen (secondary N) is 1. The molecule has 0 spiro atoms. The van der Waals surface area contributed by atoms with Crippen LogP contribution >= 0.6 is 7.82 Å². The third-order valence-corrected chi connectivity index (χ3v) is 5.87. The van der Waals surface area contributed by atoms with Crippen molar-refractivity contribution < 1.29 is 46.8 Å². The van der Waals surface area contributed by atoms with Crippen LogP contribution in [-0.2, 0) is 30.4 Å². The maximum Gasteiger partial charge on any atom is 0.470 e. The minimum absolute atomic E-state index is 0.114. The molecule has 0 aliphatic carbocycles. The molecular formula is C21H26NO10PS. The first-order chi connectivity index (χ1) is 16.1. The third-order valence-electron chi connectivity index (χ3n) is 4.35. The Balaban J connectivity index is 2.17.